The Hall–Kier alpha value is -1.91. The highest BCUT2D eigenvalue weighted by Crippen LogP contribution is 2.23. The second kappa shape index (κ2) is 7.76. The van der Waals surface area contributed by atoms with Crippen LogP contribution in [-0.4, -0.2) is 20.3 Å². The molecule has 112 valence electrons. The molecule has 0 aromatic heterocycles. The Morgan fingerprint density at radius 2 is 1.76 bits per heavy atom. The molecule has 0 unspecified atom stereocenters. The van der Waals surface area contributed by atoms with Gasteiger partial charge in [0.1, 0.15) is 17.3 Å². The van der Waals surface area contributed by atoms with E-state index in [4.69, 9.17) is 9.47 Å². The normalized spacial score (nSPS) is 10.6. The molecule has 0 spiro atoms. The van der Waals surface area contributed by atoms with Crippen LogP contribution < -0.4 is 10.1 Å². The predicted molar refractivity (Wildman–Crippen MR) is 81.2 cm³/mol. The van der Waals surface area contributed by atoms with Gasteiger partial charge in [0.2, 0.25) is 0 Å². The summed E-state index contributed by atoms with van der Waals surface area (Å²) < 4.78 is 24.1. The van der Waals surface area contributed by atoms with E-state index in [9.17, 15) is 4.39 Å². The maximum Gasteiger partial charge on any atom is 0.130 e. The minimum absolute atomic E-state index is 0.258. The first-order valence-corrected chi connectivity index (χ1v) is 6.91. The highest BCUT2D eigenvalue weighted by molar-refractivity contribution is 5.34. The van der Waals surface area contributed by atoms with Crippen LogP contribution in [0.15, 0.2) is 42.5 Å². The Kier molecular flexibility index (Phi) is 5.72. The van der Waals surface area contributed by atoms with Gasteiger partial charge < -0.3 is 14.8 Å². The number of hydrogen-bond donors (Lipinski definition) is 1. The molecule has 4 heteroatoms. The van der Waals surface area contributed by atoms with Crippen LogP contribution in [0.25, 0.3) is 0 Å². The average molecular weight is 289 g/mol. The van der Waals surface area contributed by atoms with Gasteiger partial charge in [-0.15, -0.1) is 0 Å². The summed E-state index contributed by atoms with van der Waals surface area (Å²) >= 11 is 0. The third-order valence-corrected chi connectivity index (χ3v) is 3.11. The summed E-state index contributed by atoms with van der Waals surface area (Å²) in [4.78, 5) is 0. The van der Waals surface area contributed by atoms with Gasteiger partial charge in [-0.2, -0.15) is 0 Å². The maximum atomic E-state index is 13.4. The lowest BCUT2D eigenvalue weighted by Gasteiger charge is -2.08. The van der Waals surface area contributed by atoms with E-state index in [1.807, 2.05) is 24.3 Å². The summed E-state index contributed by atoms with van der Waals surface area (Å²) in [5, 5.41) is 3.27. The first-order valence-electron chi connectivity index (χ1n) is 6.91. The van der Waals surface area contributed by atoms with Gasteiger partial charge in [0.05, 0.1) is 6.61 Å². The van der Waals surface area contributed by atoms with E-state index in [-0.39, 0.29) is 5.82 Å². The van der Waals surface area contributed by atoms with E-state index < -0.39 is 0 Å². The van der Waals surface area contributed by atoms with Gasteiger partial charge in [-0.1, -0.05) is 18.2 Å². The quantitative estimate of drug-likeness (QED) is 0.789. The number of nitrogens with one attached hydrogen (secondary N) is 1. The summed E-state index contributed by atoms with van der Waals surface area (Å²) in [6.45, 7) is 4.02. The molecule has 0 radical (unpaired) electrons. The molecule has 0 aliphatic rings. The van der Waals surface area contributed by atoms with Crippen molar-refractivity contribution in [3.8, 4) is 11.5 Å². The molecule has 2 aromatic rings. The topological polar surface area (TPSA) is 30.5 Å². The molecule has 0 fully saturated rings. The van der Waals surface area contributed by atoms with E-state index in [2.05, 4.69) is 5.32 Å². The standard InChI is InChI=1S/C17H20FNO2/c1-13-3-6-16(11-17(13)18)21-15-7-4-14(5-8-15)12-19-9-10-20-2/h3-8,11,19H,9-10,12H2,1-2H3. The third kappa shape index (κ3) is 4.85. The van der Waals surface area contributed by atoms with E-state index in [0.717, 1.165) is 18.7 Å². The fourth-order valence-electron chi connectivity index (χ4n) is 1.86. The van der Waals surface area contributed by atoms with Crippen molar-refractivity contribution in [3.63, 3.8) is 0 Å². The molecule has 0 atom stereocenters. The second-order valence-electron chi connectivity index (χ2n) is 4.83. The van der Waals surface area contributed by atoms with Crippen molar-refractivity contribution in [2.24, 2.45) is 0 Å². The fraction of sp³-hybridized carbons (Fsp3) is 0.294. The summed E-state index contributed by atoms with van der Waals surface area (Å²) in [5.74, 6) is 0.939. The van der Waals surface area contributed by atoms with Crippen molar-refractivity contribution in [2.45, 2.75) is 13.5 Å². The minimum atomic E-state index is -0.258. The summed E-state index contributed by atoms with van der Waals surface area (Å²) in [7, 11) is 1.68. The number of halogens is 1. The molecule has 0 aliphatic carbocycles. The number of aryl methyl sites for hydroxylation is 1. The van der Waals surface area contributed by atoms with Gasteiger partial charge in [0.15, 0.2) is 0 Å². The molecular weight excluding hydrogens is 269 g/mol. The van der Waals surface area contributed by atoms with Gasteiger partial charge in [-0.05, 0) is 36.2 Å². The van der Waals surface area contributed by atoms with Crippen LogP contribution in [0, 0.1) is 12.7 Å². The zero-order chi connectivity index (χ0) is 15.1. The van der Waals surface area contributed by atoms with E-state index in [1.54, 1.807) is 26.2 Å². The lowest BCUT2D eigenvalue weighted by Crippen LogP contribution is -2.18. The Labute approximate surface area is 124 Å². The summed E-state index contributed by atoms with van der Waals surface area (Å²) in [6.07, 6.45) is 0. The molecule has 0 bridgehead atoms. The van der Waals surface area contributed by atoms with Crippen LogP contribution in [-0.2, 0) is 11.3 Å². The minimum Gasteiger partial charge on any atom is -0.457 e. The zero-order valence-electron chi connectivity index (χ0n) is 12.4. The first kappa shape index (κ1) is 15.5. The number of rotatable bonds is 7. The van der Waals surface area contributed by atoms with Crippen molar-refractivity contribution in [1.82, 2.24) is 5.32 Å². The van der Waals surface area contributed by atoms with Crippen molar-refractivity contribution in [3.05, 3.63) is 59.4 Å². The molecule has 2 aromatic carbocycles. The highest BCUT2D eigenvalue weighted by atomic mass is 19.1. The SMILES string of the molecule is COCCNCc1ccc(Oc2ccc(C)c(F)c2)cc1. The molecule has 2 rings (SSSR count). The van der Waals surface area contributed by atoms with Gasteiger partial charge >= 0.3 is 0 Å². The molecule has 21 heavy (non-hydrogen) atoms. The average Bonchev–Trinajstić information content (AvgIpc) is 2.49. The smallest absolute Gasteiger partial charge is 0.130 e. The van der Waals surface area contributed by atoms with Gasteiger partial charge in [0, 0.05) is 26.3 Å². The van der Waals surface area contributed by atoms with Gasteiger partial charge in [-0.3, -0.25) is 0 Å². The molecular formula is C17H20FNO2. The van der Waals surface area contributed by atoms with Crippen molar-refractivity contribution < 1.29 is 13.9 Å². The van der Waals surface area contributed by atoms with Crippen LogP contribution in [0.5, 0.6) is 11.5 Å². The van der Waals surface area contributed by atoms with Crippen molar-refractivity contribution in [1.29, 1.82) is 0 Å². The lowest BCUT2D eigenvalue weighted by molar-refractivity contribution is 0.199. The Morgan fingerprint density at radius 3 is 2.43 bits per heavy atom. The Morgan fingerprint density at radius 1 is 1.05 bits per heavy atom. The maximum absolute atomic E-state index is 13.4. The number of ether oxygens (including phenoxy) is 2. The van der Waals surface area contributed by atoms with Crippen molar-refractivity contribution >= 4 is 0 Å². The molecule has 0 saturated carbocycles. The fourth-order valence-corrected chi connectivity index (χ4v) is 1.86. The molecule has 0 amide bonds. The summed E-state index contributed by atoms with van der Waals surface area (Å²) in [6, 6.07) is 12.6. The van der Waals surface area contributed by atoms with E-state index in [0.29, 0.717) is 23.7 Å². The largest absolute Gasteiger partial charge is 0.457 e. The lowest BCUT2D eigenvalue weighted by atomic mass is 10.2. The number of benzene rings is 2. The first-order chi connectivity index (χ1) is 10.2. The van der Waals surface area contributed by atoms with Crippen LogP contribution in [0.2, 0.25) is 0 Å². The van der Waals surface area contributed by atoms with Gasteiger partial charge in [-0.25, -0.2) is 4.39 Å². The summed E-state index contributed by atoms with van der Waals surface area (Å²) in [5.41, 5.74) is 1.77. The van der Waals surface area contributed by atoms with Crippen LogP contribution >= 0.6 is 0 Å². The van der Waals surface area contributed by atoms with Crippen LogP contribution in [0.1, 0.15) is 11.1 Å². The molecule has 1 N–H and O–H groups in total. The molecule has 0 heterocycles. The Balaban J connectivity index is 1.91. The third-order valence-electron chi connectivity index (χ3n) is 3.11. The number of methoxy groups -OCH3 is 1. The van der Waals surface area contributed by atoms with Crippen LogP contribution in [0.3, 0.4) is 0 Å². The molecule has 0 aliphatic heterocycles. The van der Waals surface area contributed by atoms with E-state index in [1.165, 1.54) is 6.07 Å². The molecule has 3 nitrogen and oxygen atoms in total. The number of hydrogen-bond acceptors (Lipinski definition) is 3. The highest BCUT2D eigenvalue weighted by Gasteiger charge is 2.02. The zero-order valence-corrected chi connectivity index (χ0v) is 12.4. The van der Waals surface area contributed by atoms with E-state index >= 15 is 0 Å². The second-order valence-corrected chi connectivity index (χ2v) is 4.83. The van der Waals surface area contributed by atoms with Crippen LogP contribution in [0.4, 0.5) is 4.39 Å². The van der Waals surface area contributed by atoms with Gasteiger partial charge in [0.25, 0.3) is 0 Å². The molecule has 0 saturated heterocycles. The predicted octanol–water partition coefficient (Wildman–Crippen LogP) is 3.66. The monoisotopic (exact) mass is 289 g/mol. The Bertz CT molecular complexity index is 570. The van der Waals surface area contributed by atoms with Crippen molar-refractivity contribution in [2.75, 3.05) is 20.3 Å².